The molecule has 1 aliphatic rings. The molecular weight excluding hydrogens is 200 g/mol. The number of ether oxygens (including phenoxy) is 1. The van der Waals surface area contributed by atoms with Gasteiger partial charge in [-0.05, 0) is 19.4 Å². The van der Waals surface area contributed by atoms with Crippen molar-refractivity contribution in [3.05, 3.63) is 0 Å². The molecule has 1 fully saturated rings. The highest BCUT2D eigenvalue weighted by molar-refractivity contribution is 4.66. The van der Waals surface area contributed by atoms with Crippen LogP contribution < -0.4 is 0 Å². The zero-order valence-corrected chi connectivity index (χ0v) is 11.2. The molecule has 3 heteroatoms. The molecule has 0 bridgehead atoms. The molecule has 1 unspecified atom stereocenters. The van der Waals surface area contributed by atoms with Crippen LogP contribution in [-0.4, -0.2) is 56.4 Å². The van der Waals surface area contributed by atoms with Gasteiger partial charge in [-0.15, -0.1) is 0 Å². The Morgan fingerprint density at radius 1 is 1.12 bits per heavy atom. The first kappa shape index (κ1) is 13.9. The van der Waals surface area contributed by atoms with Gasteiger partial charge in [0.25, 0.3) is 0 Å². The molecule has 0 N–H and O–H groups in total. The van der Waals surface area contributed by atoms with E-state index in [0.29, 0.717) is 0 Å². The van der Waals surface area contributed by atoms with Crippen molar-refractivity contribution in [3.8, 4) is 0 Å². The van der Waals surface area contributed by atoms with Crippen molar-refractivity contribution in [2.45, 2.75) is 33.1 Å². The second-order valence-corrected chi connectivity index (χ2v) is 4.98. The van der Waals surface area contributed by atoms with Crippen molar-refractivity contribution < 1.29 is 4.74 Å². The van der Waals surface area contributed by atoms with Gasteiger partial charge in [0, 0.05) is 26.2 Å². The van der Waals surface area contributed by atoms with E-state index in [-0.39, 0.29) is 0 Å². The van der Waals surface area contributed by atoms with Gasteiger partial charge in [0.1, 0.15) is 0 Å². The van der Waals surface area contributed by atoms with E-state index < -0.39 is 0 Å². The van der Waals surface area contributed by atoms with Crippen molar-refractivity contribution in [1.82, 2.24) is 9.80 Å². The van der Waals surface area contributed by atoms with E-state index in [1.165, 1.54) is 32.4 Å². The lowest BCUT2D eigenvalue weighted by atomic mass is 10.0. The fourth-order valence-electron chi connectivity index (χ4n) is 2.14. The summed E-state index contributed by atoms with van der Waals surface area (Å²) < 4.78 is 5.82. The van der Waals surface area contributed by atoms with Crippen LogP contribution >= 0.6 is 0 Å². The molecule has 0 aliphatic carbocycles. The molecule has 0 aromatic heterocycles. The van der Waals surface area contributed by atoms with Gasteiger partial charge in [-0.25, -0.2) is 0 Å². The SMILES string of the molecule is CCCC(CC)COCN1CCN(C)CC1. The molecule has 1 atom stereocenters. The molecule has 1 rings (SSSR count). The van der Waals surface area contributed by atoms with Crippen LogP contribution in [0.4, 0.5) is 0 Å². The third-order valence-corrected chi connectivity index (χ3v) is 3.50. The van der Waals surface area contributed by atoms with Crippen LogP contribution in [-0.2, 0) is 4.74 Å². The van der Waals surface area contributed by atoms with E-state index in [0.717, 1.165) is 32.3 Å². The average Bonchev–Trinajstić information content (AvgIpc) is 2.30. The molecule has 1 aliphatic heterocycles. The third kappa shape index (κ3) is 5.28. The summed E-state index contributed by atoms with van der Waals surface area (Å²) in [5.74, 6) is 0.762. The summed E-state index contributed by atoms with van der Waals surface area (Å²) in [6, 6.07) is 0. The molecule has 0 amide bonds. The zero-order valence-electron chi connectivity index (χ0n) is 11.2. The second kappa shape index (κ2) is 8.04. The summed E-state index contributed by atoms with van der Waals surface area (Å²) in [5.41, 5.74) is 0. The van der Waals surface area contributed by atoms with Crippen LogP contribution in [0.15, 0.2) is 0 Å². The highest BCUT2D eigenvalue weighted by atomic mass is 16.5. The molecule has 16 heavy (non-hydrogen) atoms. The summed E-state index contributed by atoms with van der Waals surface area (Å²) in [6.07, 6.45) is 3.83. The van der Waals surface area contributed by atoms with Crippen LogP contribution in [0.1, 0.15) is 33.1 Å². The van der Waals surface area contributed by atoms with Gasteiger partial charge in [0.05, 0.1) is 13.3 Å². The van der Waals surface area contributed by atoms with E-state index in [4.69, 9.17) is 4.74 Å². The van der Waals surface area contributed by atoms with Crippen molar-refractivity contribution in [3.63, 3.8) is 0 Å². The normalized spacial score (nSPS) is 21.2. The van der Waals surface area contributed by atoms with Crippen molar-refractivity contribution in [2.24, 2.45) is 5.92 Å². The Labute approximate surface area is 101 Å². The summed E-state index contributed by atoms with van der Waals surface area (Å²) >= 11 is 0. The van der Waals surface area contributed by atoms with Gasteiger partial charge in [-0.1, -0.05) is 26.7 Å². The Morgan fingerprint density at radius 3 is 2.38 bits per heavy atom. The minimum absolute atomic E-state index is 0.762. The molecule has 0 spiro atoms. The van der Waals surface area contributed by atoms with Crippen molar-refractivity contribution in [1.29, 1.82) is 0 Å². The number of piperazine rings is 1. The predicted molar refractivity (Wildman–Crippen MR) is 68.6 cm³/mol. The van der Waals surface area contributed by atoms with Gasteiger partial charge in [-0.3, -0.25) is 4.90 Å². The standard InChI is InChI=1S/C13H28N2O/c1-4-6-13(5-2)11-16-12-15-9-7-14(3)8-10-15/h13H,4-12H2,1-3H3. The lowest BCUT2D eigenvalue weighted by Crippen LogP contribution is -2.45. The number of rotatable bonds is 7. The van der Waals surface area contributed by atoms with Gasteiger partial charge >= 0.3 is 0 Å². The van der Waals surface area contributed by atoms with Crippen LogP contribution in [0.3, 0.4) is 0 Å². The number of hydrogen-bond acceptors (Lipinski definition) is 3. The Hall–Kier alpha value is -0.120. The van der Waals surface area contributed by atoms with E-state index >= 15 is 0 Å². The second-order valence-electron chi connectivity index (χ2n) is 4.98. The minimum atomic E-state index is 0.762. The highest BCUT2D eigenvalue weighted by Crippen LogP contribution is 2.11. The molecule has 3 nitrogen and oxygen atoms in total. The Bertz CT molecular complexity index is 167. The van der Waals surface area contributed by atoms with Gasteiger partial charge in [0.2, 0.25) is 0 Å². The molecule has 96 valence electrons. The van der Waals surface area contributed by atoms with E-state index in [1.54, 1.807) is 0 Å². The van der Waals surface area contributed by atoms with Gasteiger partial charge in [0.15, 0.2) is 0 Å². The predicted octanol–water partition coefficient (Wildman–Crippen LogP) is 2.03. The van der Waals surface area contributed by atoms with E-state index in [9.17, 15) is 0 Å². The molecule has 0 aromatic rings. The fraction of sp³-hybridized carbons (Fsp3) is 1.00. The Morgan fingerprint density at radius 2 is 1.81 bits per heavy atom. The summed E-state index contributed by atoms with van der Waals surface area (Å²) in [5, 5.41) is 0. The Balaban J connectivity index is 2.05. The number of nitrogens with zero attached hydrogens (tertiary/aromatic N) is 2. The number of likely N-dealkylation sites (N-methyl/N-ethyl adjacent to an activating group) is 1. The monoisotopic (exact) mass is 228 g/mol. The van der Waals surface area contributed by atoms with Crippen LogP contribution in [0.5, 0.6) is 0 Å². The molecular formula is C13H28N2O. The number of hydrogen-bond donors (Lipinski definition) is 0. The first-order valence-electron chi connectivity index (χ1n) is 6.74. The maximum absolute atomic E-state index is 5.82. The van der Waals surface area contributed by atoms with Crippen LogP contribution in [0.25, 0.3) is 0 Å². The van der Waals surface area contributed by atoms with Crippen molar-refractivity contribution in [2.75, 3.05) is 46.6 Å². The maximum atomic E-state index is 5.82. The topological polar surface area (TPSA) is 15.7 Å². The Kier molecular flexibility index (Phi) is 7.01. The zero-order chi connectivity index (χ0) is 11.8. The summed E-state index contributed by atoms with van der Waals surface area (Å²) in [6.45, 7) is 10.9. The van der Waals surface area contributed by atoms with Crippen molar-refractivity contribution >= 4 is 0 Å². The van der Waals surface area contributed by atoms with E-state index in [1.807, 2.05) is 0 Å². The lowest BCUT2D eigenvalue weighted by Gasteiger charge is -2.32. The maximum Gasteiger partial charge on any atom is 0.0991 e. The first-order chi connectivity index (χ1) is 7.76. The highest BCUT2D eigenvalue weighted by Gasteiger charge is 2.14. The third-order valence-electron chi connectivity index (χ3n) is 3.50. The average molecular weight is 228 g/mol. The van der Waals surface area contributed by atoms with Crippen LogP contribution in [0, 0.1) is 5.92 Å². The molecule has 1 heterocycles. The lowest BCUT2D eigenvalue weighted by molar-refractivity contribution is -0.00913. The minimum Gasteiger partial charge on any atom is -0.366 e. The van der Waals surface area contributed by atoms with E-state index in [2.05, 4.69) is 30.7 Å². The summed E-state index contributed by atoms with van der Waals surface area (Å²) in [4.78, 5) is 4.79. The quantitative estimate of drug-likeness (QED) is 0.663. The molecule has 0 radical (unpaired) electrons. The molecule has 1 saturated heterocycles. The first-order valence-corrected chi connectivity index (χ1v) is 6.74. The summed E-state index contributed by atoms with van der Waals surface area (Å²) in [7, 11) is 2.19. The molecule has 0 aromatic carbocycles. The van der Waals surface area contributed by atoms with Gasteiger partial charge < -0.3 is 9.64 Å². The van der Waals surface area contributed by atoms with Gasteiger partial charge in [-0.2, -0.15) is 0 Å². The molecule has 0 saturated carbocycles. The fourth-order valence-corrected chi connectivity index (χ4v) is 2.14. The van der Waals surface area contributed by atoms with Crippen LogP contribution in [0.2, 0.25) is 0 Å². The largest absolute Gasteiger partial charge is 0.366 e. The smallest absolute Gasteiger partial charge is 0.0991 e.